The van der Waals surface area contributed by atoms with Gasteiger partial charge >= 0.3 is 0 Å². The zero-order valence-corrected chi connectivity index (χ0v) is 23.5. The molecule has 0 saturated carbocycles. The largest absolute Gasteiger partial charge is 0.497 e. The summed E-state index contributed by atoms with van der Waals surface area (Å²) in [5.41, 5.74) is 7.31. The van der Waals surface area contributed by atoms with Crippen LogP contribution in [0, 0.1) is 6.92 Å². The number of aromatic nitrogens is 2. The number of ether oxygens (including phenoxy) is 1. The van der Waals surface area contributed by atoms with E-state index in [1.165, 1.54) is 5.56 Å². The summed E-state index contributed by atoms with van der Waals surface area (Å²) in [4.78, 5) is 7.70. The van der Waals surface area contributed by atoms with Crippen LogP contribution in [-0.2, 0) is 16.6 Å². The van der Waals surface area contributed by atoms with Crippen LogP contribution >= 0.6 is 0 Å². The van der Waals surface area contributed by atoms with Gasteiger partial charge in [-0.1, -0.05) is 60.2 Å². The van der Waals surface area contributed by atoms with Crippen molar-refractivity contribution in [2.45, 2.75) is 18.4 Å². The fourth-order valence-electron chi connectivity index (χ4n) is 5.32. The quantitative estimate of drug-likeness (QED) is 0.267. The maximum atomic E-state index is 13.2. The molecule has 0 radical (unpaired) electrons. The van der Waals surface area contributed by atoms with Gasteiger partial charge in [0.25, 0.3) is 0 Å². The zero-order chi connectivity index (χ0) is 27.7. The number of aryl methyl sites for hydroxylation is 1. The molecular formula is C32H32N4O3S. The van der Waals surface area contributed by atoms with E-state index in [2.05, 4.69) is 64.9 Å². The Morgan fingerprint density at radius 2 is 1.55 bits per heavy atom. The summed E-state index contributed by atoms with van der Waals surface area (Å²) in [5.74, 6) is 0.778. The number of rotatable bonds is 7. The summed E-state index contributed by atoms with van der Waals surface area (Å²) in [6, 6.07) is 29.3. The molecule has 1 fully saturated rings. The minimum Gasteiger partial charge on any atom is -0.497 e. The van der Waals surface area contributed by atoms with Gasteiger partial charge in [-0.15, -0.1) is 0 Å². The second kappa shape index (κ2) is 10.9. The molecule has 0 unspecified atom stereocenters. The molecular weight excluding hydrogens is 520 g/mol. The number of piperazine rings is 1. The SMILES string of the molecule is COc1cccc(-c2nc3ccc(-c4cccc(C)c4)cn3c2CN2CCN(S(=O)(=O)c3ccccc3)CC2)c1. The number of pyridine rings is 1. The molecule has 0 spiro atoms. The number of hydrogen-bond donors (Lipinski definition) is 0. The Hall–Kier alpha value is -3.98. The molecule has 1 saturated heterocycles. The fourth-order valence-corrected chi connectivity index (χ4v) is 6.77. The van der Waals surface area contributed by atoms with Crippen LogP contribution in [0.2, 0.25) is 0 Å². The van der Waals surface area contributed by atoms with Crippen molar-refractivity contribution in [1.29, 1.82) is 0 Å². The second-order valence-corrected chi connectivity index (χ2v) is 12.1. The van der Waals surface area contributed by atoms with Crippen molar-refractivity contribution in [3.8, 4) is 28.1 Å². The minimum atomic E-state index is -3.51. The number of hydrogen-bond acceptors (Lipinski definition) is 5. The van der Waals surface area contributed by atoms with Crippen molar-refractivity contribution in [3.63, 3.8) is 0 Å². The molecule has 0 bridgehead atoms. The molecule has 0 N–H and O–H groups in total. The first-order chi connectivity index (χ1) is 19.4. The van der Waals surface area contributed by atoms with Crippen molar-refractivity contribution < 1.29 is 13.2 Å². The van der Waals surface area contributed by atoms with Gasteiger partial charge in [0.15, 0.2) is 0 Å². The summed E-state index contributed by atoms with van der Waals surface area (Å²) in [5, 5.41) is 0. The number of nitrogens with zero attached hydrogens (tertiary/aromatic N) is 4. The summed E-state index contributed by atoms with van der Waals surface area (Å²) in [6.45, 7) is 4.89. The molecule has 7 nitrogen and oxygen atoms in total. The minimum absolute atomic E-state index is 0.342. The summed E-state index contributed by atoms with van der Waals surface area (Å²) >= 11 is 0. The summed E-state index contributed by atoms with van der Waals surface area (Å²) < 4.78 is 35.6. The Morgan fingerprint density at radius 1 is 0.800 bits per heavy atom. The lowest BCUT2D eigenvalue weighted by atomic mass is 10.1. The van der Waals surface area contributed by atoms with Crippen molar-refractivity contribution in [3.05, 3.63) is 108 Å². The van der Waals surface area contributed by atoms with Crippen LogP contribution < -0.4 is 4.74 Å². The van der Waals surface area contributed by atoms with E-state index in [9.17, 15) is 8.42 Å². The molecule has 8 heteroatoms. The number of fused-ring (bicyclic) bond motifs is 1. The zero-order valence-electron chi connectivity index (χ0n) is 22.7. The highest BCUT2D eigenvalue weighted by molar-refractivity contribution is 7.89. The molecule has 40 heavy (non-hydrogen) atoms. The maximum absolute atomic E-state index is 13.2. The normalized spacial score (nSPS) is 14.9. The van der Waals surface area contributed by atoms with Gasteiger partial charge in [-0.25, -0.2) is 13.4 Å². The van der Waals surface area contributed by atoms with Crippen molar-refractivity contribution in [2.24, 2.45) is 0 Å². The Kier molecular flexibility index (Phi) is 7.14. The molecule has 3 aromatic carbocycles. The highest BCUT2D eigenvalue weighted by Gasteiger charge is 2.29. The third kappa shape index (κ3) is 5.13. The predicted octanol–water partition coefficient (Wildman–Crippen LogP) is 5.49. The topological polar surface area (TPSA) is 67.2 Å². The molecule has 2 aromatic heterocycles. The van der Waals surface area contributed by atoms with Crippen molar-refractivity contribution in [1.82, 2.24) is 18.6 Å². The van der Waals surface area contributed by atoms with Crippen LogP contribution in [0.25, 0.3) is 28.0 Å². The van der Waals surface area contributed by atoms with E-state index in [0.717, 1.165) is 39.5 Å². The first-order valence-electron chi connectivity index (χ1n) is 13.4. The summed E-state index contributed by atoms with van der Waals surface area (Å²) in [7, 11) is -1.84. The first-order valence-corrected chi connectivity index (χ1v) is 14.9. The lowest BCUT2D eigenvalue weighted by molar-refractivity contribution is 0.180. The number of methoxy groups -OCH3 is 1. The van der Waals surface area contributed by atoms with Crippen LogP contribution in [0.5, 0.6) is 5.75 Å². The number of benzene rings is 3. The van der Waals surface area contributed by atoms with Gasteiger partial charge < -0.3 is 9.14 Å². The van der Waals surface area contributed by atoms with Crippen LogP contribution in [0.1, 0.15) is 11.3 Å². The third-order valence-corrected chi connectivity index (χ3v) is 9.41. The van der Waals surface area contributed by atoms with Gasteiger partial charge in [0.1, 0.15) is 11.4 Å². The van der Waals surface area contributed by atoms with Crippen LogP contribution in [0.15, 0.2) is 102 Å². The second-order valence-electron chi connectivity index (χ2n) is 10.1. The molecule has 204 valence electrons. The van der Waals surface area contributed by atoms with E-state index >= 15 is 0 Å². The molecule has 0 aliphatic carbocycles. The monoisotopic (exact) mass is 552 g/mol. The number of sulfonamides is 1. The van der Waals surface area contributed by atoms with E-state index in [4.69, 9.17) is 9.72 Å². The smallest absolute Gasteiger partial charge is 0.243 e. The summed E-state index contributed by atoms with van der Waals surface area (Å²) in [6.07, 6.45) is 2.16. The van der Waals surface area contributed by atoms with E-state index in [1.54, 1.807) is 35.7 Å². The Bertz CT molecular complexity index is 1760. The molecule has 0 amide bonds. The molecule has 5 aromatic rings. The fraction of sp³-hybridized carbons (Fsp3) is 0.219. The van der Waals surface area contributed by atoms with E-state index in [1.807, 2.05) is 24.3 Å². The van der Waals surface area contributed by atoms with Crippen molar-refractivity contribution >= 4 is 15.7 Å². The van der Waals surface area contributed by atoms with Gasteiger partial charge in [0, 0.05) is 44.5 Å². The molecule has 1 aliphatic heterocycles. The highest BCUT2D eigenvalue weighted by Crippen LogP contribution is 2.31. The van der Waals surface area contributed by atoms with E-state index in [-0.39, 0.29) is 0 Å². The van der Waals surface area contributed by atoms with Gasteiger partial charge in [0.05, 0.1) is 23.4 Å². The molecule has 1 aliphatic rings. The molecule has 6 rings (SSSR count). The Balaban J connectivity index is 1.34. The Morgan fingerprint density at radius 3 is 2.30 bits per heavy atom. The molecule has 3 heterocycles. The van der Waals surface area contributed by atoms with Gasteiger partial charge in [-0.2, -0.15) is 4.31 Å². The first kappa shape index (κ1) is 26.3. The predicted molar refractivity (Wildman–Crippen MR) is 158 cm³/mol. The lowest BCUT2D eigenvalue weighted by Crippen LogP contribution is -2.48. The number of imidazole rings is 1. The van der Waals surface area contributed by atoms with Gasteiger partial charge in [-0.05, 0) is 54.4 Å². The average molecular weight is 553 g/mol. The highest BCUT2D eigenvalue weighted by atomic mass is 32.2. The van der Waals surface area contributed by atoms with Crippen molar-refractivity contribution in [2.75, 3.05) is 33.3 Å². The average Bonchev–Trinajstić information content (AvgIpc) is 3.35. The van der Waals surface area contributed by atoms with Gasteiger partial charge in [-0.3, -0.25) is 4.90 Å². The van der Waals surface area contributed by atoms with E-state index < -0.39 is 10.0 Å². The van der Waals surface area contributed by atoms with Crippen LogP contribution in [-0.4, -0.2) is 60.3 Å². The molecule has 0 atom stereocenters. The third-order valence-electron chi connectivity index (χ3n) is 7.50. The Labute approximate surface area is 235 Å². The lowest BCUT2D eigenvalue weighted by Gasteiger charge is -2.34. The van der Waals surface area contributed by atoms with Crippen LogP contribution in [0.3, 0.4) is 0 Å². The maximum Gasteiger partial charge on any atom is 0.243 e. The van der Waals surface area contributed by atoms with Crippen LogP contribution in [0.4, 0.5) is 0 Å². The van der Waals surface area contributed by atoms with Gasteiger partial charge in [0.2, 0.25) is 10.0 Å². The van der Waals surface area contributed by atoms with E-state index in [0.29, 0.717) is 37.6 Å². The standard InChI is InChI=1S/C32H32N4O3S/c1-24-8-6-9-25(20-24)27-14-15-31-33-32(26-10-7-11-28(21-26)39-2)30(36(31)22-27)23-34-16-18-35(19-17-34)40(37,38)29-12-4-3-5-13-29/h3-15,20-22H,16-19,23H2,1-2H3.